The van der Waals surface area contributed by atoms with Crippen molar-refractivity contribution < 1.29 is 14.6 Å². The fourth-order valence-electron chi connectivity index (χ4n) is 3.58. The van der Waals surface area contributed by atoms with Crippen LogP contribution in [0.15, 0.2) is 24.3 Å². The Kier molecular flexibility index (Phi) is 6.90. The zero-order valence-corrected chi connectivity index (χ0v) is 14.5. The molecule has 2 fully saturated rings. The molecule has 0 aromatic heterocycles. The lowest BCUT2D eigenvalue weighted by atomic mass is 10.0. The highest BCUT2D eigenvalue weighted by Crippen LogP contribution is 2.24. The molecule has 5 nitrogen and oxygen atoms in total. The zero-order chi connectivity index (χ0) is 16.6. The lowest BCUT2D eigenvalue weighted by molar-refractivity contribution is 0.0320. The number of ether oxygens (including phenoxy) is 2. The number of aliphatic hydroxyl groups is 1. The van der Waals surface area contributed by atoms with Gasteiger partial charge in [-0.15, -0.1) is 0 Å². The summed E-state index contributed by atoms with van der Waals surface area (Å²) in [5.41, 5.74) is 1.22. The molecule has 0 radical (unpaired) electrons. The molecule has 1 N–H and O–H groups in total. The Labute approximate surface area is 145 Å². The van der Waals surface area contributed by atoms with Crippen LogP contribution in [0.3, 0.4) is 0 Å². The van der Waals surface area contributed by atoms with Gasteiger partial charge in [-0.1, -0.05) is 24.6 Å². The van der Waals surface area contributed by atoms with Crippen LogP contribution in [0.5, 0.6) is 5.75 Å². The first-order chi connectivity index (χ1) is 11.9. The Bertz CT molecular complexity index is 491. The SMILES string of the molecule is OC[C@@H]1CCCCN1Cc1ccccc1OCCN1CCOCC1. The maximum absolute atomic E-state index is 9.61. The molecule has 2 saturated heterocycles. The van der Waals surface area contributed by atoms with E-state index in [9.17, 15) is 5.11 Å². The second kappa shape index (κ2) is 9.37. The molecule has 3 rings (SSSR count). The minimum atomic E-state index is 0.250. The molecule has 0 unspecified atom stereocenters. The number of aliphatic hydroxyl groups excluding tert-OH is 1. The monoisotopic (exact) mass is 334 g/mol. The first-order valence-electron chi connectivity index (χ1n) is 9.22. The van der Waals surface area contributed by atoms with Crippen molar-refractivity contribution in [2.24, 2.45) is 0 Å². The van der Waals surface area contributed by atoms with Gasteiger partial charge in [0.2, 0.25) is 0 Å². The van der Waals surface area contributed by atoms with E-state index in [4.69, 9.17) is 9.47 Å². The number of rotatable bonds is 7. The van der Waals surface area contributed by atoms with Gasteiger partial charge in [-0.2, -0.15) is 0 Å². The van der Waals surface area contributed by atoms with E-state index in [1.165, 1.54) is 18.4 Å². The third-order valence-corrected chi connectivity index (χ3v) is 5.07. The lowest BCUT2D eigenvalue weighted by Crippen LogP contribution is -2.41. The molecule has 0 amide bonds. The van der Waals surface area contributed by atoms with Gasteiger partial charge in [0.05, 0.1) is 19.8 Å². The minimum absolute atomic E-state index is 0.250. The van der Waals surface area contributed by atoms with E-state index in [0.29, 0.717) is 12.6 Å². The molecule has 1 atom stereocenters. The van der Waals surface area contributed by atoms with E-state index in [1.54, 1.807) is 0 Å². The van der Waals surface area contributed by atoms with Crippen molar-refractivity contribution in [3.05, 3.63) is 29.8 Å². The van der Waals surface area contributed by atoms with E-state index in [2.05, 4.69) is 28.0 Å². The standard InChI is InChI=1S/C19H30N2O3/c22-16-18-6-3-4-8-21(18)15-17-5-1-2-7-19(17)24-14-11-20-9-12-23-13-10-20/h1-2,5,7,18,22H,3-4,6,8-16H2/t18-/m0/s1. The van der Waals surface area contributed by atoms with Gasteiger partial charge < -0.3 is 14.6 Å². The molecule has 0 saturated carbocycles. The summed E-state index contributed by atoms with van der Waals surface area (Å²) in [4.78, 5) is 4.78. The lowest BCUT2D eigenvalue weighted by Gasteiger charge is -2.35. The molecule has 134 valence electrons. The molecule has 2 heterocycles. The van der Waals surface area contributed by atoms with Crippen molar-refractivity contribution in [1.29, 1.82) is 0 Å². The molecule has 2 aliphatic heterocycles. The van der Waals surface area contributed by atoms with Gasteiger partial charge in [-0.3, -0.25) is 9.80 Å². The molecule has 24 heavy (non-hydrogen) atoms. The minimum Gasteiger partial charge on any atom is -0.492 e. The van der Waals surface area contributed by atoms with Gasteiger partial charge in [-0.25, -0.2) is 0 Å². The highest BCUT2D eigenvalue weighted by molar-refractivity contribution is 5.33. The van der Waals surface area contributed by atoms with Gasteiger partial charge >= 0.3 is 0 Å². The molecule has 0 spiro atoms. The van der Waals surface area contributed by atoms with E-state index >= 15 is 0 Å². The maximum Gasteiger partial charge on any atom is 0.123 e. The Morgan fingerprint density at radius 2 is 1.96 bits per heavy atom. The Balaban J connectivity index is 1.54. The number of hydrogen-bond donors (Lipinski definition) is 1. The van der Waals surface area contributed by atoms with Crippen LogP contribution in [0.2, 0.25) is 0 Å². The highest BCUT2D eigenvalue weighted by Gasteiger charge is 2.22. The van der Waals surface area contributed by atoms with Crippen LogP contribution in [0.1, 0.15) is 24.8 Å². The number of para-hydroxylation sites is 1. The van der Waals surface area contributed by atoms with Gasteiger partial charge in [0, 0.05) is 37.8 Å². The molecular formula is C19H30N2O3. The van der Waals surface area contributed by atoms with Crippen LogP contribution in [-0.4, -0.2) is 73.6 Å². The summed E-state index contributed by atoms with van der Waals surface area (Å²) in [6.45, 7) is 7.48. The fraction of sp³-hybridized carbons (Fsp3) is 0.684. The van der Waals surface area contributed by atoms with Gasteiger partial charge in [0.1, 0.15) is 12.4 Å². The van der Waals surface area contributed by atoms with E-state index in [-0.39, 0.29) is 6.61 Å². The second-order valence-electron chi connectivity index (χ2n) is 6.71. The van der Waals surface area contributed by atoms with Crippen LogP contribution in [-0.2, 0) is 11.3 Å². The van der Waals surface area contributed by atoms with Crippen molar-refractivity contribution in [2.75, 3.05) is 52.6 Å². The normalized spacial score (nSPS) is 23.3. The van der Waals surface area contributed by atoms with Crippen LogP contribution in [0, 0.1) is 0 Å². The maximum atomic E-state index is 9.61. The van der Waals surface area contributed by atoms with Crippen LogP contribution in [0.4, 0.5) is 0 Å². The molecule has 5 heteroatoms. The number of morpholine rings is 1. The Morgan fingerprint density at radius 3 is 2.79 bits per heavy atom. The summed E-state index contributed by atoms with van der Waals surface area (Å²) in [6.07, 6.45) is 3.53. The molecule has 0 bridgehead atoms. The van der Waals surface area contributed by atoms with Crippen LogP contribution in [0.25, 0.3) is 0 Å². The summed E-state index contributed by atoms with van der Waals surface area (Å²) in [6, 6.07) is 8.61. The average Bonchev–Trinajstić information content (AvgIpc) is 2.64. The molecule has 2 aliphatic rings. The number of piperidine rings is 1. The summed E-state index contributed by atoms with van der Waals surface area (Å²) >= 11 is 0. The van der Waals surface area contributed by atoms with Crippen LogP contribution >= 0.6 is 0 Å². The summed E-state index contributed by atoms with van der Waals surface area (Å²) in [5.74, 6) is 0.980. The molecule has 0 aliphatic carbocycles. The molecular weight excluding hydrogens is 304 g/mol. The average molecular weight is 334 g/mol. The first kappa shape index (κ1) is 17.7. The second-order valence-corrected chi connectivity index (χ2v) is 6.71. The number of benzene rings is 1. The molecule has 1 aromatic carbocycles. The zero-order valence-electron chi connectivity index (χ0n) is 14.5. The van der Waals surface area contributed by atoms with Gasteiger partial charge in [-0.05, 0) is 25.5 Å². The predicted octanol–water partition coefficient (Wildman–Crippen LogP) is 1.74. The third kappa shape index (κ3) is 4.93. The van der Waals surface area contributed by atoms with Gasteiger partial charge in [0.25, 0.3) is 0 Å². The van der Waals surface area contributed by atoms with Crippen molar-refractivity contribution in [1.82, 2.24) is 9.80 Å². The van der Waals surface area contributed by atoms with E-state index in [1.807, 2.05) is 6.07 Å². The Hall–Kier alpha value is -1.14. The molecule has 1 aromatic rings. The number of nitrogens with zero attached hydrogens (tertiary/aromatic N) is 2. The van der Waals surface area contributed by atoms with Crippen molar-refractivity contribution in [3.63, 3.8) is 0 Å². The largest absolute Gasteiger partial charge is 0.492 e. The van der Waals surface area contributed by atoms with Crippen molar-refractivity contribution >= 4 is 0 Å². The van der Waals surface area contributed by atoms with Gasteiger partial charge in [0.15, 0.2) is 0 Å². The summed E-state index contributed by atoms with van der Waals surface area (Å²) < 4.78 is 11.5. The third-order valence-electron chi connectivity index (χ3n) is 5.07. The van der Waals surface area contributed by atoms with Crippen molar-refractivity contribution in [2.45, 2.75) is 31.8 Å². The van der Waals surface area contributed by atoms with Crippen LogP contribution < -0.4 is 4.74 Å². The topological polar surface area (TPSA) is 45.2 Å². The van der Waals surface area contributed by atoms with Crippen molar-refractivity contribution in [3.8, 4) is 5.75 Å². The fourth-order valence-corrected chi connectivity index (χ4v) is 3.58. The summed E-state index contributed by atoms with van der Waals surface area (Å²) in [7, 11) is 0. The smallest absolute Gasteiger partial charge is 0.123 e. The quantitative estimate of drug-likeness (QED) is 0.823. The Morgan fingerprint density at radius 1 is 1.12 bits per heavy atom. The predicted molar refractivity (Wildman–Crippen MR) is 94.3 cm³/mol. The van der Waals surface area contributed by atoms with E-state index in [0.717, 1.165) is 58.1 Å². The summed E-state index contributed by atoms with van der Waals surface area (Å²) in [5, 5.41) is 9.61. The number of likely N-dealkylation sites (tertiary alicyclic amines) is 1. The highest BCUT2D eigenvalue weighted by atomic mass is 16.5. The van der Waals surface area contributed by atoms with E-state index < -0.39 is 0 Å². The first-order valence-corrected chi connectivity index (χ1v) is 9.22. The number of hydrogen-bond acceptors (Lipinski definition) is 5.